The molecule has 0 atom stereocenters. The summed E-state index contributed by atoms with van der Waals surface area (Å²) in [6.45, 7) is 0.635. The fourth-order valence-electron chi connectivity index (χ4n) is 1.63. The molecule has 1 rings (SSSR count). The van der Waals surface area contributed by atoms with Gasteiger partial charge in [-0.25, -0.2) is 13.1 Å². The van der Waals surface area contributed by atoms with Gasteiger partial charge in [-0.1, -0.05) is 0 Å². The van der Waals surface area contributed by atoms with Crippen molar-refractivity contribution >= 4 is 27.3 Å². The van der Waals surface area contributed by atoms with Crippen molar-refractivity contribution in [2.45, 2.75) is 24.2 Å². The van der Waals surface area contributed by atoms with Gasteiger partial charge in [-0.05, 0) is 38.1 Å². The van der Waals surface area contributed by atoms with Gasteiger partial charge in [-0.3, -0.25) is 4.79 Å². The van der Waals surface area contributed by atoms with Crippen molar-refractivity contribution in [1.29, 1.82) is 0 Å². The predicted octanol–water partition coefficient (Wildman–Crippen LogP) is 0.244. The topological polar surface area (TPSA) is 127 Å². The first-order valence-electron chi connectivity index (χ1n) is 6.22. The van der Waals surface area contributed by atoms with E-state index < -0.39 is 10.0 Å². The van der Waals surface area contributed by atoms with Crippen molar-refractivity contribution in [1.82, 2.24) is 4.72 Å². The highest BCUT2D eigenvalue weighted by atomic mass is 32.2. The second kappa shape index (κ2) is 7.11. The normalized spacial score (nSPS) is 11.2. The Morgan fingerprint density at radius 1 is 1.30 bits per heavy atom. The summed E-state index contributed by atoms with van der Waals surface area (Å²) < 4.78 is 25.4. The second-order valence-electron chi connectivity index (χ2n) is 4.31. The molecule has 8 heteroatoms. The van der Waals surface area contributed by atoms with Gasteiger partial charge < -0.3 is 16.8 Å². The Labute approximate surface area is 118 Å². The minimum Gasteiger partial charge on any atom is -0.397 e. The zero-order chi connectivity index (χ0) is 15.2. The van der Waals surface area contributed by atoms with Crippen LogP contribution in [0.2, 0.25) is 0 Å². The summed E-state index contributed by atoms with van der Waals surface area (Å²) in [5, 5.41) is 3.09. The predicted molar refractivity (Wildman–Crippen MR) is 78.6 cm³/mol. The largest absolute Gasteiger partial charge is 0.397 e. The lowest BCUT2D eigenvalue weighted by atomic mass is 10.2. The Bertz CT molecular complexity index is 572. The third-order valence-electron chi connectivity index (χ3n) is 2.77. The van der Waals surface area contributed by atoms with Gasteiger partial charge in [0.1, 0.15) is 0 Å². The maximum atomic E-state index is 11.6. The average Bonchev–Trinajstić information content (AvgIpc) is 2.39. The van der Waals surface area contributed by atoms with E-state index >= 15 is 0 Å². The van der Waals surface area contributed by atoms with Crippen molar-refractivity contribution in [2.75, 3.05) is 24.6 Å². The fourth-order valence-corrected chi connectivity index (χ4v) is 2.40. The van der Waals surface area contributed by atoms with E-state index in [0.717, 1.165) is 6.42 Å². The molecule has 0 saturated carbocycles. The number of carbonyl (C=O) groups excluding carboxylic acids is 1. The molecule has 7 nitrogen and oxygen atoms in total. The van der Waals surface area contributed by atoms with E-state index in [1.807, 2.05) is 0 Å². The van der Waals surface area contributed by atoms with E-state index in [1.54, 1.807) is 6.07 Å². The minimum absolute atomic E-state index is 0.122. The molecule has 20 heavy (non-hydrogen) atoms. The van der Waals surface area contributed by atoms with Gasteiger partial charge in [0.15, 0.2) is 0 Å². The molecule has 0 aliphatic rings. The number of carbonyl (C=O) groups is 1. The highest BCUT2D eigenvalue weighted by Crippen LogP contribution is 2.22. The molecule has 112 valence electrons. The molecule has 6 N–H and O–H groups in total. The molecule has 0 aromatic heterocycles. The molecule has 0 spiro atoms. The second-order valence-corrected chi connectivity index (χ2v) is 6.19. The van der Waals surface area contributed by atoms with E-state index in [0.29, 0.717) is 30.8 Å². The Morgan fingerprint density at radius 3 is 2.55 bits per heavy atom. The van der Waals surface area contributed by atoms with Gasteiger partial charge in [-0.15, -0.1) is 0 Å². The van der Waals surface area contributed by atoms with Gasteiger partial charge in [0.05, 0.1) is 16.3 Å². The van der Waals surface area contributed by atoms with Gasteiger partial charge in [0.2, 0.25) is 15.9 Å². The number of sulfonamides is 1. The van der Waals surface area contributed by atoms with Crippen molar-refractivity contribution in [2.24, 2.45) is 5.73 Å². The van der Waals surface area contributed by atoms with Crippen LogP contribution >= 0.6 is 0 Å². The quantitative estimate of drug-likeness (QED) is 0.404. The molecule has 0 bridgehead atoms. The molecule has 0 heterocycles. The summed E-state index contributed by atoms with van der Waals surface area (Å²) in [6.07, 6.45) is 1.84. The third-order valence-corrected chi connectivity index (χ3v) is 4.18. The number of amides is 1. The summed E-state index contributed by atoms with van der Waals surface area (Å²) in [5.41, 5.74) is 11.9. The Kier molecular flexibility index (Phi) is 5.78. The molecular formula is C12H20N4O3S. The van der Waals surface area contributed by atoms with E-state index in [-0.39, 0.29) is 10.8 Å². The maximum absolute atomic E-state index is 11.6. The Morgan fingerprint density at radius 2 is 2.00 bits per heavy atom. The molecule has 0 saturated heterocycles. The highest BCUT2D eigenvalue weighted by molar-refractivity contribution is 7.89. The molecule has 0 aliphatic heterocycles. The van der Waals surface area contributed by atoms with Crippen LogP contribution in [0.1, 0.15) is 19.3 Å². The molecule has 1 aromatic rings. The molecule has 0 aliphatic carbocycles. The summed E-state index contributed by atoms with van der Waals surface area (Å²) in [7, 11) is -2.14. The van der Waals surface area contributed by atoms with Crippen LogP contribution in [-0.4, -0.2) is 27.9 Å². The standard InChI is InChI=1S/C12H20N4O3S/c1-15-20(18,19)9-5-6-11(10(13)8-9)16-7-3-2-4-12(14)17/h5-6,8,15-16H,2-4,7,13H2,1H3,(H2,14,17). The van der Waals surface area contributed by atoms with Crippen LogP contribution in [0, 0.1) is 0 Å². The monoisotopic (exact) mass is 300 g/mol. The number of anilines is 2. The fraction of sp³-hybridized carbons (Fsp3) is 0.417. The zero-order valence-electron chi connectivity index (χ0n) is 11.3. The summed E-state index contributed by atoms with van der Waals surface area (Å²) in [4.78, 5) is 10.7. The van der Waals surface area contributed by atoms with Crippen LogP contribution in [0.25, 0.3) is 0 Å². The maximum Gasteiger partial charge on any atom is 0.240 e. The molecule has 0 unspecified atom stereocenters. The first-order valence-corrected chi connectivity index (χ1v) is 7.70. The average molecular weight is 300 g/mol. The first kappa shape index (κ1) is 16.3. The molecule has 1 amide bonds. The van der Waals surface area contributed by atoms with E-state index in [4.69, 9.17) is 11.5 Å². The van der Waals surface area contributed by atoms with Crippen molar-refractivity contribution in [3.8, 4) is 0 Å². The van der Waals surface area contributed by atoms with Crippen LogP contribution in [0.4, 0.5) is 11.4 Å². The van der Waals surface area contributed by atoms with Crippen LogP contribution in [0.5, 0.6) is 0 Å². The minimum atomic E-state index is -3.49. The smallest absolute Gasteiger partial charge is 0.240 e. The van der Waals surface area contributed by atoms with Crippen LogP contribution < -0.4 is 21.5 Å². The van der Waals surface area contributed by atoms with Crippen LogP contribution in [-0.2, 0) is 14.8 Å². The number of benzene rings is 1. The first-order chi connectivity index (χ1) is 9.36. The van der Waals surface area contributed by atoms with E-state index in [1.165, 1.54) is 19.2 Å². The van der Waals surface area contributed by atoms with Crippen LogP contribution in [0.15, 0.2) is 23.1 Å². The molecule has 0 fully saturated rings. The molecular weight excluding hydrogens is 280 g/mol. The molecule has 1 aromatic carbocycles. The third kappa shape index (κ3) is 4.71. The van der Waals surface area contributed by atoms with Gasteiger partial charge in [-0.2, -0.15) is 0 Å². The van der Waals surface area contributed by atoms with E-state index in [9.17, 15) is 13.2 Å². The number of nitrogens with one attached hydrogen (secondary N) is 2. The SMILES string of the molecule is CNS(=O)(=O)c1ccc(NCCCCC(N)=O)c(N)c1. The summed E-state index contributed by atoms with van der Waals surface area (Å²) in [5.74, 6) is -0.314. The number of nitrogens with two attached hydrogens (primary N) is 2. The lowest BCUT2D eigenvalue weighted by Gasteiger charge is -2.11. The lowest BCUT2D eigenvalue weighted by molar-refractivity contribution is -0.118. The van der Waals surface area contributed by atoms with Crippen molar-refractivity contribution in [3.05, 3.63) is 18.2 Å². The lowest BCUT2D eigenvalue weighted by Crippen LogP contribution is -2.18. The van der Waals surface area contributed by atoms with Gasteiger partial charge >= 0.3 is 0 Å². The van der Waals surface area contributed by atoms with Crippen LogP contribution in [0.3, 0.4) is 0 Å². The Balaban J connectivity index is 2.59. The number of primary amides is 1. The number of hydrogen-bond donors (Lipinski definition) is 4. The zero-order valence-corrected chi connectivity index (χ0v) is 12.2. The van der Waals surface area contributed by atoms with Crippen molar-refractivity contribution in [3.63, 3.8) is 0 Å². The molecule has 0 radical (unpaired) electrons. The number of hydrogen-bond acceptors (Lipinski definition) is 5. The van der Waals surface area contributed by atoms with Crippen molar-refractivity contribution < 1.29 is 13.2 Å². The highest BCUT2D eigenvalue weighted by Gasteiger charge is 2.12. The number of rotatable bonds is 8. The van der Waals surface area contributed by atoms with Gasteiger partial charge in [0, 0.05) is 13.0 Å². The van der Waals surface area contributed by atoms with Gasteiger partial charge in [0.25, 0.3) is 0 Å². The summed E-state index contributed by atoms with van der Waals surface area (Å²) >= 11 is 0. The van der Waals surface area contributed by atoms with E-state index in [2.05, 4.69) is 10.0 Å². The number of nitrogen functional groups attached to an aromatic ring is 1. The summed E-state index contributed by atoms with van der Waals surface area (Å²) in [6, 6.07) is 4.50. The Hall–Kier alpha value is -1.80. The number of unbranched alkanes of at least 4 members (excludes halogenated alkanes) is 1.